The molecule has 1 atom stereocenters. The molecule has 1 fully saturated rings. The van der Waals surface area contributed by atoms with Crippen molar-refractivity contribution in [1.82, 2.24) is 10.2 Å². The molecule has 1 aliphatic carbocycles. The molecule has 188 valence electrons. The number of benzene rings is 2. The van der Waals surface area contributed by atoms with Crippen molar-refractivity contribution in [1.29, 1.82) is 0 Å². The summed E-state index contributed by atoms with van der Waals surface area (Å²) in [6, 6.07) is 13.4. The Balaban J connectivity index is 1.77. The third-order valence-electron chi connectivity index (χ3n) is 7.56. The predicted octanol–water partition coefficient (Wildman–Crippen LogP) is 6.32. The van der Waals surface area contributed by atoms with Crippen LogP contribution in [0.4, 0.5) is 5.69 Å². The smallest absolute Gasteiger partial charge is 0.249 e. The number of anilines is 1. The van der Waals surface area contributed by atoms with Crippen LogP contribution in [0.5, 0.6) is 0 Å². The van der Waals surface area contributed by atoms with Gasteiger partial charge in [0.2, 0.25) is 11.8 Å². The molecule has 2 aromatic rings. The summed E-state index contributed by atoms with van der Waals surface area (Å²) in [5.74, 6) is -0.156. The van der Waals surface area contributed by atoms with Crippen molar-refractivity contribution in [2.45, 2.75) is 82.8 Å². The van der Waals surface area contributed by atoms with E-state index in [1.54, 1.807) is 6.07 Å². The maximum absolute atomic E-state index is 13.9. The number of hydrogen-bond acceptors (Lipinski definition) is 3. The van der Waals surface area contributed by atoms with Crippen molar-refractivity contribution >= 4 is 40.7 Å². The number of hydrogen-bond donors (Lipinski definition) is 2. The Morgan fingerprint density at radius 3 is 2.49 bits per heavy atom. The average molecular weight is 517 g/mol. The van der Waals surface area contributed by atoms with E-state index in [1.807, 2.05) is 36.4 Å². The Morgan fingerprint density at radius 2 is 1.80 bits per heavy atom. The second-order valence-electron chi connectivity index (χ2n) is 9.81. The Labute approximate surface area is 218 Å². The molecule has 2 amide bonds. The van der Waals surface area contributed by atoms with Crippen molar-refractivity contribution in [2.24, 2.45) is 0 Å². The maximum Gasteiger partial charge on any atom is 0.249 e. The first-order valence-electron chi connectivity index (χ1n) is 12.8. The number of amides is 2. The number of halogens is 2. The predicted molar refractivity (Wildman–Crippen MR) is 143 cm³/mol. The van der Waals surface area contributed by atoms with E-state index in [1.165, 1.54) is 6.42 Å². The highest BCUT2D eigenvalue weighted by Crippen LogP contribution is 2.45. The van der Waals surface area contributed by atoms with E-state index in [0.717, 1.165) is 49.7 Å². The van der Waals surface area contributed by atoms with E-state index in [2.05, 4.69) is 29.4 Å². The lowest BCUT2D eigenvalue weighted by Gasteiger charge is -2.44. The van der Waals surface area contributed by atoms with Gasteiger partial charge in [-0.25, -0.2) is 0 Å². The van der Waals surface area contributed by atoms with E-state index in [-0.39, 0.29) is 30.4 Å². The number of nitrogens with zero attached hydrogens (tertiary/aromatic N) is 1. The summed E-state index contributed by atoms with van der Waals surface area (Å²) in [6.07, 6.45) is 7.61. The lowest BCUT2D eigenvalue weighted by molar-refractivity contribution is -0.134. The number of rotatable bonds is 9. The van der Waals surface area contributed by atoms with Gasteiger partial charge in [-0.05, 0) is 55.5 Å². The maximum atomic E-state index is 13.9. The van der Waals surface area contributed by atoms with E-state index >= 15 is 0 Å². The van der Waals surface area contributed by atoms with Gasteiger partial charge in [-0.2, -0.15) is 0 Å². The van der Waals surface area contributed by atoms with Crippen LogP contribution in [0.2, 0.25) is 10.0 Å². The third-order valence-corrected chi connectivity index (χ3v) is 8.03. The zero-order chi connectivity index (χ0) is 25.0. The molecule has 35 heavy (non-hydrogen) atoms. The van der Waals surface area contributed by atoms with E-state index in [9.17, 15) is 9.59 Å². The first-order chi connectivity index (χ1) is 16.9. The molecule has 0 bridgehead atoms. The fourth-order valence-corrected chi connectivity index (χ4v) is 6.20. The van der Waals surface area contributed by atoms with Gasteiger partial charge in [0.15, 0.2) is 0 Å². The van der Waals surface area contributed by atoms with E-state index in [0.29, 0.717) is 22.2 Å². The summed E-state index contributed by atoms with van der Waals surface area (Å²) in [4.78, 5) is 29.5. The molecule has 1 saturated carbocycles. The molecule has 1 unspecified atom stereocenters. The zero-order valence-electron chi connectivity index (χ0n) is 20.6. The third kappa shape index (κ3) is 5.52. The SMILES string of the molecule is CCC(CC)N(CC(=O)NC1CCCCC1)C1(Cc2cccc(Cl)c2)C(=O)Nc2cc(Cl)ccc21. The highest BCUT2D eigenvalue weighted by atomic mass is 35.5. The highest BCUT2D eigenvalue weighted by Gasteiger charge is 2.53. The zero-order valence-corrected chi connectivity index (χ0v) is 22.1. The lowest BCUT2D eigenvalue weighted by Crippen LogP contribution is -2.59. The van der Waals surface area contributed by atoms with Crippen LogP contribution in [-0.2, 0) is 21.5 Å². The van der Waals surface area contributed by atoms with Crippen molar-refractivity contribution in [2.75, 3.05) is 11.9 Å². The first-order valence-corrected chi connectivity index (χ1v) is 13.5. The van der Waals surface area contributed by atoms with Gasteiger partial charge in [-0.15, -0.1) is 0 Å². The van der Waals surface area contributed by atoms with Gasteiger partial charge in [-0.1, -0.05) is 74.5 Å². The van der Waals surface area contributed by atoms with Crippen LogP contribution in [-0.4, -0.2) is 35.3 Å². The van der Waals surface area contributed by atoms with Gasteiger partial charge < -0.3 is 10.6 Å². The van der Waals surface area contributed by atoms with E-state index < -0.39 is 5.54 Å². The summed E-state index contributed by atoms with van der Waals surface area (Å²) < 4.78 is 0. The van der Waals surface area contributed by atoms with Gasteiger partial charge in [0.1, 0.15) is 5.54 Å². The van der Waals surface area contributed by atoms with Gasteiger partial charge in [-0.3, -0.25) is 14.5 Å². The van der Waals surface area contributed by atoms with Crippen molar-refractivity contribution < 1.29 is 9.59 Å². The lowest BCUT2D eigenvalue weighted by atomic mass is 9.81. The molecule has 5 nitrogen and oxygen atoms in total. The summed E-state index contributed by atoms with van der Waals surface area (Å²) in [5, 5.41) is 7.52. The minimum atomic E-state index is -1.05. The standard InChI is InChI=1S/C28H35Cl2N3O2/c1-3-23(4-2)33(18-26(34)31-22-11-6-5-7-12-22)28(17-19-9-8-10-20(29)15-19)24-14-13-21(30)16-25(24)32-27(28)35/h8-10,13-16,22-23H,3-7,11-12,17-18H2,1-2H3,(H,31,34)(H,32,35). The summed E-state index contributed by atoms with van der Waals surface area (Å²) in [5.41, 5.74) is 1.45. The van der Waals surface area contributed by atoms with Gasteiger partial charge in [0.05, 0.1) is 6.54 Å². The molecule has 4 rings (SSSR count). The number of nitrogens with one attached hydrogen (secondary N) is 2. The molecule has 2 aliphatic rings. The number of fused-ring (bicyclic) bond motifs is 1. The monoisotopic (exact) mass is 515 g/mol. The largest absolute Gasteiger partial charge is 0.352 e. The topological polar surface area (TPSA) is 61.4 Å². The van der Waals surface area contributed by atoms with E-state index in [4.69, 9.17) is 23.2 Å². The average Bonchev–Trinajstić information content (AvgIpc) is 3.10. The quantitative estimate of drug-likeness (QED) is 0.410. The summed E-state index contributed by atoms with van der Waals surface area (Å²) in [6.45, 7) is 4.38. The molecule has 0 aromatic heterocycles. The Kier molecular flexibility index (Phi) is 8.41. The van der Waals surface area contributed by atoms with Crippen LogP contribution in [0.25, 0.3) is 0 Å². The second kappa shape index (κ2) is 11.3. The number of carbonyl (C=O) groups is 2. The fourth-order valence-electron chi connectivity index (χ4n) is 5.81. The minimum Gasteiger partial charge on any atom is -0.352 e. The van der Waals surface area contributed by atoms with Gasteiger partial charge in [0, 0.05) is 39.8 Å². The molecule has 1 heterocycles. The molecule has 7 heteroatoms. The Morgan fingerprint density at radius 1 is 1.09 bits per heavy atom. The van der Waals surface area contributed by atoms with Crippen molar-refractivity contribution in [3.8, 4) is 0 Å². The summed E-state index contributed by atoms with van der Waals surface area (Å²) in [7, 11) is 0. The van der Waals surface area contributed by atoms with Crippen LogP contribution < -0.4 is 10.6 Å². The second-order valence-corrected chi connectivity index (χ2v) is 10.7. The molecule has 0 radical (unpaired) electrons. The highest BCUT2D eigenvalue weighted by molar-refractivity contribution is 6.31. The Bertz CT molecular complexity index is 1070. The molecule has 2 N–H and O–H groups in total. The van der Waals surface area contributed by atoms with Crippen molar-refractivity contribution in [3.05, 3.63) is 63.6 Å². The van der Waals surface area contributed by atoms with Crippen LogP contribution in [0, 0.1) is 0 Å². The first kappa shape index (κ1) is 26.0. The molecular formula is C28H35Cl2N3O2. The number of carbonyl (C=O) groups excluding carboxylic acids is 2. The van der Waals surface area contributed by atoms with Gasteiger partial charge in [0.25, 0.3) is 0 Å². The summed E-state index contributed by atoms with van der Waals surface area (Å²) >= 11 is 12.6. The minimum absolute atomic E-state index is 0.0236. The van der Waals surface area contributed by atoms with Gasteiger partial charge >= 0.3 is 0 Å². The Hall–Kier alpha value is -2.08. The van der Waals surface area contributed by atoms with Crippen LogP contribution in [0.1, 0.15) is 69.9 Å². The molecule has 2 aromatic carbocycles. The van der Waals surface area contributed by atoms with Crippen molar-refractivity contribution in [3.63, 3.8) is 0 Å². The fraction of sp³-hybridized carbons (Fsp3) is 0.500. The van der Waals surface area contributed by atoms with Crippen LogP contribution in [0.3, 0.4) is 0 Å². The van der Waals surface area contributed by atoms with Crippen LogP contribution in [0.15, 0.2) is 42.5 Å². The molecule has 0 saturated heterocycles. The molecule has 1 aliphatic heterocycles. The molecule has 0 spiro atoms. The molecular weight excluding hydrogens is 481 g/mol. The van der Waals surface area contributed by atoms with Crippen LogP contribution >= 0.6 is 23.2 Å². The normalized spacial score (nSPS) is 20.2.